The van der Waals surface area contributed by atoms with Crippen molar-refractivity contribution in [3.05, 3.63) is 70.9 Å². The number of halogens is 1. The first-order chi connectivity index (χ1) is 13.2. The van der Waals surface area contributed by atoms with Crippen molar-refractivity contribution in [2.45, 2.75) is 13.3 Å². The number of H-pyrrole nitrogens is 1. The number of benzene rings is 2. The normalized spacial score (nSPS) is 10.9. The molecule has 0 saturated carbocycles. The van der Waals surface area contributed by atoms with E-state index in [1.165, 1.54) is 6.21 Å². The third kappa shape index (κ3) is 4.95. The van der Waals surface area contributed by atoms with E-state index in [4.69, 9.17) is 16.3 Å². The van der Waals surface area contributed by atoms with E-state index >= 15 is 0 Å². The molecule has 0 aliphatic rings. The van der Waals surface area contributed by atoms with Crippen LogP contribution in [0.3, 0.4) is 0 Å². The summed E-state index contributed by atoms with van der Waals surface area (Å²) in [5, 5.41) is 11.4. The van der Waals surface area contributed by atoms with E-state index in [-0.39, 0.29) is 5.91 Å². The molecule has 7 heteroatoms. The number of carbonyl (C=O) groups is 1. The predicted molar refractivity (Wildman–Crippen MR) is 106 cm³/mol. The number of ether oxygens (including phenoxy) is 1. The number of aromatic amines is 1. The molecule has 0 fully saturated rings. The summed E-state index contributed by atoms with van der Waals surface area (Å²) in [6.07, 6.45) is 2.45. The Morgan fingerprint density at radius 1 is 1.26 bits per heavy atom. The SMILES string of the molecule is CCCOc1ccc(-c2cc(C(=O)N/N=C\c3ccccc3Cl)[nH]n2)cc1. The predicted octanol–water partition coefficient (Wildman–Crippen LogP) is 4.28. The zero-order valence-electron chi connectivity index (χ0n) is 14.8. The number of aromatic nitrogens is 2. The highest BCUT2D eigenvalue weighted by Gasteiger charge is 2.10. The lowest BCUT2D eigenvalue weighted by molar-refractivity contribution is 0.0950. The fourth-order valence-corrected chi connectivity index (χ4v) is 2.51. The monoisotopic (exact) mass is 382 g/mol. The molecule has 1 heterocycles. The molecule has 2 aromatic carbocycles. The van der Waals surface area contributed by atoms with Gasteiger partial charge < -0.3 is 4.74 Å². The lowest BCUT2D eigenvalue weighted by atomic mass is 10.1. The van der Waals surface area contributed by atoms with E-state index in [1.54, 1.807) is 18.2 Å². The van der Waals surface area contributed by atoms with Gasteiger partial charge in [0.25, 0.3) is 5.91 Å². The third-order valence-electron chi connectivity index (χ3n) is 3.72. The molecule has 27 heavy (non-hydrogen) atoms. The molecule has 0 bridgehead atoms. The van der Waals surface area contributed by atoms with E-state index < -0.39 is 0 Å². The topological polar surface area (TPSA) is 79.4 Å². The molecule has 0 aliphatic heterocycles. The first kappa shape index (κ1) is 18.7. The Morgan fingerprint density at radius 3 is 2.78 bits per heavy atom. The number of nitrogens with zero attached hydrogens (tertiary/aromatic N) is 2. The maximum absolute atomic E-state index is 12.2. The minimum Gasteiger partial charge on any atom is -0.494 e. The Hall–Kier alpha value is -3.12. The highest BCUT2D eigenvalue weighted by molar-refractivity contribution is 6.33. The van der Waals surface area contributed by atoms with Gasteiger partial charge in [0.2, 0.25) is 0 Å². The van der Waals surface area contributed by atoms with Crippen molar-refractivity contribution in [3.63, 3.8) is 0 Å². The van der Waals surface area contributed by atoms with Crippen LogP contribution in [-0.2, 0) is 0 Å². The summed E-state index contributed by atoms with van der Waals surface area (Å²) in [6.45, 7) is 2.74. The van der Waals surface area contributed by atoms with Crippen LogP contribution in [0.15, 0.2) is 59.7 Å². The molecule has 3 aromatic rings. The van der Waals surface area contributed by atoms with Crippen molar-refractivity contribution >= 4 is 23.7 Å². The number of hydrogen-bond donors (Lipinski definition) is 2. The Bertz CT molecular complexity index is 935. The highest BCUT2D eigenvalue weighted by Crippen LogP contribution is 2.21. The van der Waals surface area contributed by atoms with Crippen molar-refractivity contribution in [3.8, 4) is 17.0 Å². The van der Waals surface area contributed by atoms with Crippen molar-refractivity contribution in [2.75, 3.05) is 6.61 Å². The van der Waals surface area contributed by atoms with Gasteiger partial charge in [0.05, 0.1) is 18.5 Å². The van der Waals surface area contributed by atoms with Gasteiger partial charge >= 0.3 is 0 Å². The van der Waals surface area contributed by atoms with Gasteiger partial charge in [-0.05, 0) is 42.8 Å². The molecule has 0 unspecified atom stereocenters. The van der Waals surface area contributed by atoms with E-state index in [9.17, 15) is 4.79 Å². The molecule has 0 atom stereocenters. The fourth-order valence-electron chi connectivity index (χ4n) is 2.33. The largest absolute Gasteiger partial charge is 0.494 e. The number of hydrazone groups is 1. The van der Waals surface area contributed by atoms with Crippen LogP contribution in [0.25, 0.3) is 11.3 Å². The van der Waals surface area contributed by atoms with E-state index in [0.29, 0.717) is 23.0 Å². The first-order valence-electron chi connectivity index (χ1n) is 8.54. The van der Waals surface area contributed by atoms with E-state index in [0.717, 1.165) is 23.3 Å². The van der Waals surface area contributed by atoms with E-state index in [2.05, 4.69) is 27.6 Å². The van der Waals surface area contributed by atoms with Crippen LogP contribution >= 0.6 is 11.6 Å². The molecule has 1 aromatic heterocycles. The quantitative estimate of drug-likeness (QED) is 0.472. The standard InChI is InChI=1S/C20H19ClN4O2/c1-2-11-27-16-9-7-14(8-10-16)18-12-19(24-23-18)20(26)25-22-13-15-5-3-4-6-17(15)21/h3-10,12-13H,2,11H2,1H3,(H,23,24)(H,25,26)/b22-13-. The van der Waals surface area contributed by atoms with Gasteiger partial charge in [-0.1, -0.05) is 36.7 Å². The third-order valence-corrected chi connectivity index (χ3v) is 4.06. The summed E-state index contributed by atoms with van der Waals surface area (Å²) in [6, 6.07) is 16.5. The second-order valence-corrected chi connectivity index (χ2v) is 6.17. The number of carbonyl (C=O) groups excluding carboxylic acids is 1. The zero-order valence-corrected chi connectivity index (χ0v) is 15.5. The molecule has 3 rings (SSSR count). The minimum absolute atomic E-state index is 0.313. The molecule has 0 saturated heterocycles. The molecular formula is C20H19ClN4O2. The molecule has 0 spiro atoms. The summed E-state index contributed by atoms with van der Waals surface area (Å²) >= 11 is 6.04. The summed E-state index contributed by atoms with van der Waals surface area (Å²) in [5.41, 5.74) is 5.03. The lowest BCUT2D eigenvalue weighted by Crippen LogP contribution is -2.18. The minimum atomic E-state index is -0.389. The van der Waals surface area contributed by atoms with Gasteiger partial charge in [-0.2, -0.15) is 10.2 Å². The maximum atomic E-state index is 12.2. The molecule has 138 valence electrons. The Morgan fingerprint density at radius 2 is 2.04 bits per heavy atom. The smallest absolute Gasteiger partial charge is 0.289 e. The molecule has 1 amide bonds. The lowest BCUT2D eigenvalue weighted by Gasteiger charge is -2.04. The van der Waals surface area contributed by atoms with Crippen LogP contribution in [-0.4, -0.2) is 28.9 Å². The van der Waals surface area contributed by atoms with Gasteiger partial charge in [0.15, 0.2) is 0 Å². The maximum Gasteiger partial charge on any atom is 0.289 e. The summed E-state index contributed by atoms with van der Waals surface area (Å²) in [4.78, 5) is 12.2. The second-order valence-electron chi connectivity index (χ2n) is 5.76. The number of hydrogen-bond acceptors (Lipinski definition) is 4. The van der Waals surface area contributed by atoms with Crippen molar-refractivity contribution in [1.82, 2.24) is 15.6 Å². The first-order valence-corrected chi connectivity index (χ1v) is 8.91. The van der Waals surface area contributed by atoms with Crippen LogP contribution in [0.2, 0.25) is 5.02 Å². The average Bonchev–Trinajstić information content (AvgIpc) is 3.18. The van der Waals surface area contributed by atoms with Crippen molar-refractivity contribution in [1.29, 1.82) is 0 Å². The van der Waals surface area contributed by atoms with Gasteiger partial charge in [0.1, 0.15) is 11.4 Å². The number of rotatable bonds is 7. The average molecular weight is 383 g/mol. The fraction of sp³-hybridized carbons (Fsp3) is 0.150. The summed E-state index contributed by atoms with van der Waals surface area (Å²) < 4.78 is 5.56. The van der Waals surface area contributed by atoms with Gasteiger partial charge in [0, 0.05) is 16.1 Å². The van der Waals surface area contributed by atoms with Gasteiger partial charge in [-0.25, -0.2) is 5.43 Å². The zero-order chi connectivity index (χ0) is 19.1. The summed E-state index contributed by atoms with van der Waals surface area (Å²) in [5.74, 6) is 0.419. The van der Waals surface area contributed by atoms with Crippen LogP contribution in [0.5, 0.6) is 5.75 Å². The van der Waals surface area contributed by atoms with Crippen LogP contribution in [0, 0.1) is 0 Å². The Labute approximate surface area is 162 Å². The van der Waals surface area contributed by atoms with Crippen molar-refractivity contribution < 1.29 is 9.53 Å². The molecule has 0 radical (unpaired) electrons. The molecular weight excluding hydrogens is 364 g/mol. The molecule has 0 aliphatic carbocycles. The summed E-state index contributed by atoms with van der Waals surface area (Å²) in [7, 11) is 0. The van der Waals surface area contributed by atoms with Crippen molar-refractivity contribution in [2.24, 2.45) is 5.10 Å². The van der Waals surface area contributed by atoms with Crippen LogP contribution in [0.4, 0.5) is 0 Å². The Balaban J connectivity index is 1.63. The highest BCUT2D eigenvalue weighted by atomic mass is 35.5. The second kappa shape index (κ2) is 9.00. The number of amides is 1. The van der Waals surface area contributed by atoms with Gasteiger partial charge in [-0.15, -0.1) is 0 Å². The molecule has 2 N–H and O–H groups in total. The molecule has 6 nitrogen and oxygen atoms in total. The van der Waals surface area contributed by atoms with E-state index in [1.807, 2.05) is 36.4 Å². The van der Waals surface area contributed by atoms with Crippen LogP contribution < -0.4 is 10.2 Å². The number of nitrogens with one attached hydrogen (secondary N) is 2. The van der Waals surface area contributed by atoms with Gasteiger partial charge in [-0.3, -0.25) is 9.89 Å². The Kier molecular flexibility index (Phi) is 6.22. The van der Waals surface area contributed by atoms with Crippen LogP contribution in [0.1, 0.15) is 29.4 Å².